The van der Waals surface area contributed by atoms with E-state index in [9.17, 15) is 24.5 Å². The van der Waals surface area contributed by atoms with E-state index >= 15 is 0 Å². The van der Waals surface area contributed by atoms with E-state index in [0.717, 1.165) is 4.47 Å². The van der Waals surface area contributed by atoms with Gasteiger partial charge in [0.05, 0.1) is 34.6 Å². The average Bonchev–Trinajstić information content (AvgIpc) is 2.99. The molecule has 0 aliphatic rings. The Bertz CT molecular complexity index is 1660. The van der Waals surface area contributed by atoms with Crippen LogP contribution >= 0.6 is 15.9 Å². The zero-order valence-corrected chi connectivity index (χ0v) is 23.7. The lowest BCUT2D eigenvalue weighted by atomic mass is 10.1. The van der Waals surface area contributed by atoms with Crippen molar-refractivity contribution in [1.82, 2.24) is 5.43 Å². The van der Waals surface area contributed by atoms with Gasteiger partial charge in [-0.3, -0.25) is 19.7 Å². The van der Waals surface area contributed by atoms with Crippen LogP contribution in [0.1, 0.15) is 43.6 Å². The number of ether oxygens (including phenoxy) is 2. The predicted molar refractivity (Wildman–Crippen MR) is 159 cm³/mol. The SMILES string of the molecule is CCOc1cc(/C=N\NC(=O)c2ccccc2NC(=O)c2ccc([N+](=O)[O-])cc2)ccc1OC(=O)c1ccc(Br)cc1. The molecule has 212 valence electrons. The maximum absolute atomic E-state index is 12.9. The van der Waals surface area contributed by atoms with Gasteiger partial charge in [-0.25, -0.2) is 10.2 Å². The van der Waals surface area contributed by atoms with Crippen molar-refractivity contribution >= 4 is 51.3 Å². The number of para-hydroxylation sites is 1. The summed E-state index contributed by atoms with van der Waals surface area (Å²) in [5.41, 5.74) is 3.76. The number of anilines is 1. The van der Waals surface area contributed by atoms with Crippen LogP contribution in [0.2, 0.25) is 0 Å². The molecule has 0 fully saturated rings. The van der Waals surface area contributed by atoms with E-state index in [1.54, 1.807) is 67.6 Å². The van der Waals surface area contributed by atoms with Gasteiger partial charge in [0, 0.05) is 22.2 Å². The highest BCUT2D eigenvalue weighted by Crippen LogP contribution is 2.29. The third-order valence-electron chi connectivity index (χ3n) is 5.69. The van der Waals surface area contributed by atoms with Gasteiger partial charge in [-0.2, -0.15) is 5.10 Å². The number of rotatable bonds is 10. The van der Waals surface area contributed by atoms with Gasteiger partial charge in [0.15, 0.2) is 11.5 Å². The van der Waals surface area contributed by atoms with Gasteiger partial charge in [0.25, 0.3) is 17.5 Å². The number of esters is 1. The molecule has 0 heterocycles. The van der Waals surface area contributed by atoms with Crippen LogP contribution in [0.4, 0.5) is 11.4 Å². The van der Waals surface area contributed by atoms with Crippen molar-refractivity contribution in [1.29, 1.82) is 0 Å². The van der Waals surface area contributed by atoms with Gasteiger partial charge in [0.1, 0.15) is 0 Å². The number of nitrogens with zero attached hydrogens (tertiary/aromatic N) is 2. The second kappa shape index (κ2) is 13.8. The average molecular weight is 631 g/mol. The zero-order valence-electron chi connectivity index (χ0n) is 22.1. The van der Waals surface area contributed by atoms with Crippen molar-refractivity contribution in [3.8, 4) is 11.5 Å². The molecule has 0 unspecified atom stereocenters. The van der Waals surface area contributed by atoms with Crippen molar-refractivity contribution in [2.24, 2.45) is 5.10 Å². The molecule has 0 saturated carbocycles. The molecule has 0 radical (unpaired) electrons. The molecule has 0 saturated heterocycles. The molecule has 12 heteroatoms. The molecule has 4 aromatic rings. The molecule has 0 spiro atoms. The minimum Gasteiger partial charge on any atom is -0.490 e. The number of hydrazone groups is 1. The smallest absolute Gasteiger partial charge is 0.343 e. The highest BCUT2D eigenvalue weighted by atomic mass is 79.9. The molecule has 2 amide bonds. The maximum Gasteiger partial charge on any atom is 0.343 e. The van der Waals surface area contributed by atoms with Gasteiger partial charge in [-0.05, 0) is 79.2 Å². The lowest BCUT2D eigenvalue weighted by molar-refractivity contribution is -0.384. The Balaban J connectivity index is 1.43. The molecule has 42 heavy (non-hydrogen) atoms. The van der Waals surface area contributed by atoms with E-state index in [1.807, 2.05) is 0 Å². The second-order valence-corrected chi connectivity index (χ2v) is 9.45. The molecule has 11 nitrogen and oxygen atoms in total. The highest BCUT2D eigenvalue weighted by molar-refractivity contribution is 9.10. The van der Waals surface area contributed by atoms with E-state index in [2.05, 4.69) is 31.8 Å². The summed E-state index contributed by atoms with van der Waals surface area (Å²) < 4.78 is 12.0. The Labute approximate surface area is 248 Å². The molecule has 0 aromatic heterocycles. The minimum absolute atomic E-state index is 0.145. The van der Waals surface area contributed by atoms with Crippen molar-refractivity contribution in [2.75, 3.05) is 11.9 Å². The Hall–Kier alpha value is -5.36. The molecular formula is C30H23BrN4O7. The second-order valence-electron chi connectivity index (χ2n) is 8.54. The van der Waals surface area contributed by atoms with Gasteiger partial charge in [-0.15, -0.1) is 0 Å². The lowest BCUT2D eigenvalue weighted by Gasteiger charge is -2.11. The van der Waals surface area contributed by atoms with Crippen LogP contribution < -0.4 is 20.2 Å². The first kappa shape index (κ1) is 29.6. The number of carbonyl (C=O) groups excluding carboxylic acids is 3. The summed E-state index contributed by atoms with van der Waals surface area (Å²) >= 11 is 3.33. The van der Waals surface area contributed by atoms with Crippen LogP contribution in [-0.4, -0.2) is 35.5 Å². The molecule has 0 atom stereocenters. The van der Waals surface area contributed by atoms with Gasteiger partial charge >= 0.3 is 5.97 Å². The number of benzene rings is 4. The number of nitrogens with one attached hydrogen (secondary N) is 2. The van der Waals surface area contributed by atoms with Gasteiger partial charge in [0.2, 0.25) is 0 Å². The highest BCUT2D eigenvalue weighted by Gasteiger charge is 2.16. The monoisotopic (exact) mass is 630 g/mol. The number of non-ortho nitro benzene ring substituents is 1. The number of hydrogen-bond donors (Lipinski definition) is 2. The van der Waals surface area contributed by atoms with Crippen molar-refractivity contribution in [3.63, 3.8) is 0 Å². The summed E-state index contributed by atoms with van der Waals surface area (Å²) in [5.74, 6) is -1.13. The Morgan fingerprint density at radius 3 is 2.29 bits per heavy atom. The zero-order chi connectivity index (χ0) is 30.1. The maximum atomic E-state index is 12.9. The predicted octanol–water partition coefficient (Wildman–Crippen LogP) is 5.99. The van der Waals surface area contributed by atoms with Crippen molar-refractivity contribution in [2.45, 2.75) is 6.92 Å². The first-order valence-electron chi connectivity index (χ1n) is 12.5. The Kier molecular flexibility index (Phi) is 9.74. The Morgan fingerprint density at radius 1 is 0.905 bits per heavy atom. The van der Waals surface area contributed by atoms with Gasteiger partial charge < -0.3 is 14.8 Å². The van der Waals surface area contributed by atoms with E-state index < -0.39 is 22.7 Å². The molecule has 2 N–H and O–H groups in total. The molecule has 0 aliphatic carbocycles. The summed E-state index contributed by atoms with van der Waals surface area (Å²) in [6, 6.07) is 23.0. The van der Waals surface area contributed by atoms with E-state index in [1.165, 1.54) is 36.5 Å². The lowest BCUT2D eigenvalue weighted by Crippen LogP contribution is -2.21. The summed E-state index contributed by atoms with van der Waals surface area (Å²) in [7, 11) is 0. The summed E-state index contributed by atoms with van der Waals surface area (Å²) in [4.78, 5) is 48.3. The number of amides is 2. The summed E-state index contributed by atoms with van der Waals surface area (Å²) in [6.45, 7) is 2.11. The molecule has 4 rings (SSSR count). The van der Waals surface area contributed by atoms with Crippen LogP contribution in [0.5, 0.6) is 11.5 Å². The third-order valence-corrected chi connectivity index (χ3v) is 6.22. The van der Waals surface area contributed by atoms with E-state index in [0.29, 0.717) is 23.5 Å². The quantitative estimate of drug-likeness (QED) is 0.0718. The largest absolute Gasteiger partial charge is 0.490 e. The first-order chi connectivity index (χ1) is 20.2. The van der Waals surface area contributed by atoms with Crippen LogP contribution in [0.15, 0.2) is 101 Å². The minimum atomic E-state index is -0.587. The Morgan fingerprint density at radius 2 is 1.60 bits per heavy atom. The number of carbonyl (C=O) groups is 3. The molecular weight excluding hydrogens is 608 g/mol. The van der Waals surface area contributed by atoms with Crippen LogP contribution in [0.3, 0.4) is 0 Å². The van der Waals surface area contributed by atoms with E-state index in [4.69, 9.17) is 9.47 Å². The molecule has 4 aromatic carbocycles. The fraction of sp³-hybridized carbons (Fsp3) is 0.0667. The van der Waals surface area contributed by atoms with Crippen molar-refractivity contribution in [3.05, 3.63) is 128 Å². The van der Waals surface area contributed by atoms with Crippen LogP contribution in [0, 0.1) is 10.1 Å². The topological polar surface area (TPSA) is 149 Å². The summed E-state index contributed by atoms with van der Waals surface area (Å²) in [6.07, 6.45) is 1.39. The fourth-order valence-electron chi connectivity index (χ4n) is 3.65. The first-order valence-corrected chi connectivity index (χ1v) is 13.3. The molecule has 0 aliphatic heterocycles. The molecule has 0 bridgehead atoms. The number of hydrogen-bond acceptors (Lipinski definition) is 8. The number of nitro groups is 1. The van der Waals surface area contributed by atoms with Crippen LogP contribution in [-0.2, 0) is 0 Å². The van der Waals surface area contributed by atoms with E-state index in [-0.39, 0.29) is 28.3 Å². The third kappa shape index (κ3) is 7.64. The number of halogens is 1. The van der Waals surface area contributed by atoms with Gasteiger partial charge in [-0.1, -0.05) is 28.1 Å². The standard InChI is InChI=1S/C30H23BrN4O7/c1-2-41-27-17-19(7-16-26(27)42-30(38)21-8-12-22(31)13-9-21)18-32-34-29(37)24-5-3-4-6-25(24)33-28(36)20-10-14-23(15-11-20)35(39)40/h3-18H,2H2,1H3,(H,33,36)(H,34,37)/b32-18-. The fourth-order valence-corrected chi connectivity index (χ4v) is 3.91. The van der Waals surface area contributed by atoms with Crippen molar-refractivity contribution < 1.29 is 28.8 Å². The normalized spacial score (nSPS) is 10.6. The number of nitro benzene ring substituents is 1. The van der Waals surface area contributed by atoms with Crippen LogP contribution in [0.25, 0.3) is 0 Å². The summed E-state index contributed by atoms with van der Waals surface area (Å²) in [5, 5.41) is 17.5.